The number of rotatable bonds is 8. The van der Waals surface area contributed by atoms with Gasteiger partial charge in [-0.3, -0.25) is 0 Å². The first kappa shape index (κ1) is 13.0. The van der Waals surface area contributed by atoms with Crippen LogP contribution in [-0.2, 0) is 0 Å². The summed E-state index contributed by atoms with van der Waals surface area (Å²) in [6.07, 6.45) is 16.6. The highest BCUT2D eigenvalue weighted by atomic mass is 14.2. The Bertz CT molecular complexity index is 196. The molecule has 78 valence electrons. The molecular weight excluding hydrogens is 170 g/mol. The Hall–Kier alpha value is -1.03. The Kier molecular flexibility index (Phi) is 11.1. The second kappa shape index (κ2) is 12.0. The van der Waals surface area contributed by atoms with Crippen molar-refractivity contribution in [2.24, 2.45) is 0 Å². The maximum absolute atomic E-state index is 8.25. The molecule has 14 heavy (non-hydrogen) atoms. The molecule has 0 saturated carbocycles. The number of hydrogen-bond acceptors (Lipinski definition) is 1. The summed E-state index contributed by atoms with van der Waals surface area (Å²) in [6.45, 7) is 2.16. The lowest BCUT2D eigenvalue weighted by molar-refractivity contribution is 0.652. The largest absolute Gasteiger partial charge is 0.193 e. The first-order valence-electron chi connectivity index (χ1n) is 5.61. The van der Waals surface area contributed by atoms with E-state index in [9.17, 15) is 0 Å². The minimum Gasteiger partial charge on any atom is -0.193 e. The Labute approximate surface area is 88.1 Å². The van der Waals surface area contributed by atoms with Crippen LogP contribution in [0.15, 0.2) is 24.3 Å². The van der Waals surface area contributed by atoms with Gasteiger partial charge in [0.1, 0.15) is 0 Å². The molecule has 0 aromatic rings. The van der Waals surface area contributed by atoms with E-state index < -0.39 is 0 Å². The van der Waals surface area contributed by atoms with Gasteiger partial charge in [-0.15, -0.1) is 0 Å². The van der Waals surface area contributed by atoms with E-state index in [0.29, 0.717) is 0 Å². The summed E-state index contributed by atoms with van der Waals surface area (Å²) in [6, 6.07) is 2.00. The number of hydrogen-bond donors (Lipinski definition) is 0. The second-order valence-corrected chi connectivity index (χ2v) is 3.40. The summed E-state index contributed by atoms with van der Waals surface area (Å²) in [5.41, 5.74) is 0. The van der Waals surface area contributed by atoms with Crippen LogP contribution in [0.25, 0.3) is 0 Å². The third-order valence-corrected chi connectivity index (χ3v) is 2.09. The van der Waals surface area contributed by atoms with Gasteiger partial charge in [-0.1, -0.05) is 38.0 Å². The van der Waals surface area contributed by atoms with E-state index in [1.165, 1.54) is 32.1 Å². The SMILES string of the molecule is CCC=CCCCCCCC=CC#N. The molecule has 0 aromatic carbocycles. The summed E-state index contributed by atoms with van der Waals surface area (Å²) in [5, 5.41) is 8.25. The van der Waals surface area contributed by atoms with Crippen LogP contribution in [0.4, 0.5) is 0 Å². The first-order chi connectivity index (χ1) is 6.91. The zero-order chi connectivity index (χ0) is 10.5. The van der Waals surface area contributed by atoms with Crippen molar-refractivity contribution < 1.29 is 0 Å². The number of nitriles is 1. The maximum atomic E-state index is 8.25. The highest BCUT2D eigenvalue weighted by Gasteiger charge is 1.86. The topological polar surface area (TPSA) is 23.8 Å². The highest BCUT2D eigenvalue weighted by molar-refractivity contribution is 5.01. The van der Waals surface area contributed by atoms with Gasteiger partial charge < -0.3 is 0 Å². The van der Waals surface area contributed by atoms with Gasteiger partial charge in [0.25, 0.3) is 0 Å². The predicted molar refractivity (Wildman–Crippen MR) is 61.9 cm³/mol. The van der Waals surface area contributed by atoms with E-state index in [4.69, 9.17) is 5.26 Å². The fourth-order valence-electron chi connectivity index (χ4n) is 1.30. The van der Waals surface area contributed by atoms with Crippen molar-refractivity contribution in [2.75, 3.05) is 0 Å². The van der Waals surface area contributed by atoms with Crippen LogP contribution in [0.1, 0.15) is 51.9 Å². The molecule has 0 fully saturated rings. The number of nitrogens with zero attached hydrogens (tertiary/aromatic N) is 1. The Morgan fingerprint density at radius 1 is 0.929 bits per heavy atom. The number of allylic oxidation sites excluding steroid dienone is 4. The van der Waals surface area contributed by atoms with Gasteiger partial charge >= 0.3 is 0 Å². The van der Waals surface area contributed by atoms with Gasteiger partial charge in [0.2, 0.25) is 0 Å². The van der Waals surface area contributed by atoms with Crippen molar-refractivity contribution in [3.8, 4) is 6.07 Å². The summed E-state index contributed by atoms with van der Waals surface area (Å²) in [5.74, 6) is 0. The molecule has 0 saturated heterocycles. The maximum Gasteiger partial charge on any atom is 0.0908 e. The van der Waals surface area contributed by atoms with Crippen LogP contribution >= 0.6 is 0 Å². The van der Waals surface area contributed by atoms with Gasteiger partial charge in [-0.2, -0.15) is 5.26 Å². The molecule has 0 unspecified atom stereocenters. The molecule has 0 aromatic heterocycles. The molecule has 0 radical (unpaired) electrons. The summed E-state index contributed by atoms with van der Waals surface area (Å²) < 4.78 is 0. The van der Waals surface area contributed by atoms with Gasteiger partial charge in [0.15, 0.2) is 0 Å². The quantitative estimate of drug-likeness (QED) is 0.317. The molecule has 1 heteroatoms. The van der Waals surface area contributed by atoms with E-state index in [-0.39, 0.29) is 0 Å². The lowest BCUT2D eigenvalue weighted by Gasteiger charge is -1.96. The van der Waals surface area contributed by atoms with Crippen molar-refractivity contribution >= 4 is 0 Å². The van der Waals surface area contributed by atoms with Crippen LogP contribution in [0.5, 0.6) is 0 Å². The van der Waals surface area contributed by atoms with Crippen LogP contribution in [0.2, 0.25) is 0 Å². The van der Waals surface area contributed by atoms with E-state index in [1.807, 2.05) is 12.1 Å². The Morgan fingerprint density at radius 3 is 2.14 bits per heavy atom. The molecular formula is C13H21N. The van der Waals surface area contributed by atoms with E-state index in [0.717, 1.165) is 12.8 Å². The normalized spacial score (nSPS) is 11.1. The lowest BCUT2D eigenvalue weighted by Crippen LogP contribution is -1.76. The van der Waals surface area contributed by atoms with Crippen LogP contribution < -0.4 is 0 Å². The van der Waals surface area contributed by atoms with E-state index in [2.05, 4.69) is 19.1 Å². The lowest BCUT2D eigenvalue weighted by atomic mass is 10.1. The molecule has 0 spiro atoms. The smallest absolute Gasteiger partial charge is 0.0908 e. The average Bonchev–Trinajstić information content (AvgIpc) is 2.21. The Balaban J connectivity index is 3.03. The van der Waals surface area contributed by atoms with Gasteiger partial charge in [-0.25, -0.2) is 0 Å². The minimum atomic E-state index is 1.05. The van der Waals surface area contributed by atoms with Crippen LogP contribution in [0.3, 0.4) is 0 Å². The van der Waals surface area contributed by atoms with Gasteiger partial charge in [0.05, 0.1) is 6.07 Å². The highest BCUT2D eigenvalue weighted by Crippen LogP contribution is 2.06. The average molecular weight is 191 g/mol. The summed E-state index contributed by atoms with van der Waals surface area (Å²) in [7, 11) is 0. The second-order valence-electron chi connectivity index (χ2n) is 3.40. The van der Waals surface area contributed by atoms with Crippen LogP contribution in [-0.4, -0.2) is 0 Å². The summed E-state index contributed by atoms with van der Waals surface area (Å²) >= 11 is 0. The third-order valence-electron chi connectivity index (χ3n) is 2.09. The molecule has 1 nitrogen and oxygen atoms in total. The fourth-order valence-corrected chi connectivity index (χ4v) is 1.30. The van der Waals surface area contributed by atoms with E-state index >= 15 is 0 Å². The third kappa shape index (κ3) is 11.0. The number of unbranched alkanes of at least 4 members (excludes halogenated alkanes) is 5. The van der Waals surface area contributed by atoms with Gasteiger partial charge in [0, 0.05) is 6.08 Å². The summed E-state index contributed by atoms with van der Waals surface area (Å²) in [4.78, 5) is 0. The van der Waals surface area contributed by atoms with Crippen molar-refractivity contribution in [1.29, 1.82) is 5.26 Å². The molecule has 0 bridgehead atoms. The molecule has 0 N–H and O–H groups in total. The van der Waals surface area contributed by atoms with Gasteiger partial charge in [-0.05, 0) is 32.1 Å². The zero-order valence-corrected chi connectivity index (χ0v) is 9.21. The fraction of sp³-hybridized carbons (Fsp3) is 0.615. The molecule has 0 aliphatic rings. The van der Waals surface area contributed by atoms with E-state index in [1.54, 1.807) is 6.08 Å². The predicted octanol–water partition coefficient (Wildman–Crippen LogP) is 4.37. The van der Waals surface area contributed by atoms with Crippen molar-refractivity contribution in [3.63, 3.8) is 0 Å². The standard InChI is InChI=1S/C13H21N/c1-2-3-4-5-6-7-8-9-10-11-12-13-14/h3-4,11-12H,2,5-10H2,1H3. The molecule has 0 rings (SSSR count). The molecule has 0 atom stereocenters. The van der Waals surface area contributed by atoms with Crippen molar-refractivity contribution in [3.05, 3.63) is 24.3 Å². The van der Waals surface area contributed by atoms with Crippen molar-refractivity contribution in [1.82, 2.24) is 0 Å². The molecule has 0 heterocycles. The molecule has 0 amide bonds. The van der Waals surface area contributed by atoms with Crippen LogP contribution in [0, 0.1) is 11.3 Å². The molecule has 0 aliphatic carbocycles. The van der Waals surface area contributed by atoms with Crippen molar-refractivity contribution in [2.45, 2.75) is 51.9 Å². The Morgan fingerprint density at radius 2 is 1.57 bits per heavy atom. The first-order valence-corrected chi connectivity index (χ1v) is 5.61. The monoisotopic (exact) mass is 191 g/mol. The molecule has 0 aliphatic heterocycles. The minimum absolute atomic E-state index is 1.05. The zero-order valence-electron chi connectivity index (χ0n) is 9.21.